The van der Waals surface area contributed by atoms with Crippen LogP contribution in [-0.4, -0.2) is 32.2 Å². The summed E-state index contributed by atoms with van der Waals surface area (Å²) in [5.74, 6) is 0.0587. The number of anilines is 1. The summed E-state index contributed by atoms with van der Waals surface area (Å²) in [6.07, 6.45) is -0.974. The summed E-state index contributed by atoms with van der Waals surface area (Å²) in [6, 6.07) is 11.8. The molecule has 0 saturated carbocycles. The minimum Gasteiger partial charge on any atom is -0.496 e. The van der Waals surface area contributed by atoms with Crippen molar-refractivity contribution in [1.82, 2.24) is 0 Å². The topological polar surface area (TPSA) is 73.9 Å². The van der Waals surface area contributed by atoms with Crippen molar-refractivity contribution in [3.63, 3.8) is 0 Å². The van der Waals surface area contributed by atoms with E-state index < -0.39 is 18.0 Å². The first-order valence-electron chi connectivity index (χ1n) is 7.44. The highest BCUT2D eigenvalue weighted by Gasteiger charge is 2.20. The van der Waals surface area contributed by atoms with E-state index in [0.29, 0.717) is 27.2 Å². The van der Waals surface area contributed by atoms with Gasteiger partial charge in [0.25, 0.3) is 5.91 Å². The number of hydrogen-bond donors (Lipinski definition) is 1. The predicted octanol–water partition coefficient (Wildman–Crippen LogP) is 3.65. The number of para-hydroxylation sites is 2. The summed E-state index contributed by atoms with van der Waals surface area (Å²) in [4.78, 5) is 24.4. The highest BCUT2D eigenvalue weighted by Crippen LogP contribution is 2.26. The summed E-state index contributed by atoms with van der Waals surface area (Å²) < 4.78 is 16.1. The van der Waals surface area contributed by atoms with Gasteiger partial charge in [-0.2, -0.15) is 0 Å². The van der Waals surface area contributed by atoms with Crippen LogP contribution in [-0.2, 0) is 9.53 Å². The molecular weight excluding hydrogens is 390 g/mol. The number of halogens is 1. The summed E-state index contributed by atoms with van der Waals surface area (Å²) in [5, 5.41) is 2.68. The Balaban J connectivity index is 2.03. The van der Waals surface area contributed by atoms with Gasteiger partial charge < -0.3 is 19.5 Å². The lowest BCUT2D eigenvalue weighted by Gasteiger charge is -2.15. The van der Waals surface area contributed by atoms with Crippen LogP contribution in [0.4, 0.5) is 5.69 Å². The molecule has 25 heavy (non-hydrogen) atoms. The molecule has 0 aliphatic heterocycles. The molecule has 0 fully saturated rings. The molecule has 2 rings (SSSR count). The number of hydrogen-bond acceptors (Lipinski definition) is 5. The lowest BCUT2D eigenvalue weighted by molar-refractivity contribution is -0.123. The Hall–Kier alpha value is -2.54. The van der Waals surface area contributed by atoms with Gasteiger partial charge in [-0.25, -0.2) is 4.79 Å². The first-order valence-corrected chi connectivity index (χ1v) is 8.24. The molecule has 7 heteroatoms. The van der Waals surface area contributed by atoms with Gasteiger partial charge in [0.1, 0.15) is 11.5 Å². The molecular formula is C18H18BrNO5. The van der Waals surface area contributed by atoms with Crippen LogP contribution in [0.5, 0.6) is 11.5 Å². The number of rotatable bonds is 6. The van der Waals surface area contributed by atoms with Crippen molar-refractivity contribution in [2.24, 2.45) is 0 Å². The number of methoxy groups -OCH3 is 2. The van der Waals surface area contributed by atoms with Crippen molar-refractivity contribution in [2.75, 3.05) is 19.5 Å². The maximum atomic E-state index is 12.2. The summed E-state index contributed by atoms with van der Waals surface area (Å²) in [7, 11) is 3.04. The van der Waals surface area contributed by atoms with E-state index >= 15 is 0 Å². The molecule has 1 atom stereocenters. The Labute approximate surface area is 154 Å². The van der Waals surface area contributed by atoms with Crippen molar-refractivity contribution < 1.29 is 23.8 Å². The molecule has 132 valence electrons. The molecule has 0 spiro atoms. The van der Waals surface area contributed by atoms with Crippen molar-refractivity contribution in [2.45, 2.75) is 13.0 Å². The Bertz CT molecular complexity index is 778. The average molecular weight is 408 g/mol. The second kappa shape index (κ2) is 8.53. The smallest absolute Gasteiger partial charge is 0.338 e. The van der Waals surface area contributed by atoms with Crippen LogP contribution in [0.2, 0.25) is 0 Å². The van der Waals surface area contributed by atoms with Gasteiger partial charge in [0.05, 0.1) is 29.9 Å². The zero-order chi connectivity index (χ0) is 18.4. The van der Waals surface area contributed by atoms with E-state index in [0.717, 1.165) is 0 Å². The first kappa shape index (κ1) is 18.8. The first-order chi connectivity index (χ1) is 12.0. The fourth-order valence-corrected chi connectivity index (χ4v) is 2.60. The maximum Gasteiger partial charge on any atom is 0.338 e. The van der Waals surface area contributed by atoms with E-state index in [1.165, 1.54) is 21.1 Å². The van der Waals surface area contributed by atoms with Gasteiger partial charge >= 0.3 is 5.97 Å². The normalized spacial score (nSPS) is 11.4. The SMILES string of the molecule is COc1ccc(C(=O)O[C@H](C)C(=O)Nc2ccccc2OC)cc1Br. The zero-order valence-corrected chi connectivity index (χ0v) is 15.6. The molecule has 0 radical (unpaired) electrons. The third-order valence-corrected chi connectivity index (χ3v) is 4.03. The molecule has 6 nitrogen and oxygen atoms in total. The van der Waals surface area contributed by atoms with Gasteiger partial charge in [-0.1, -0.05) is 12.1 Å². The minimum absolute atomic E-state index is 0.310. The Morgan fingerprint density at radius 3 is 2.36 bits per heavy atom. The van der Waals surface area contributed by atoms with Gasteiger partial charge in [0, 0.05) is 0 Å². The molecule has 0 heterocycles. The molecule has 0 unspecified atom stereocenters. The molecule has 0 saturated heterocycles. The Morgan fingerprint density at radius 1 is 1.04 bits per heavy atom. The van der Waals surface area contributed by atoms with Crippen LogP contribution in [0.3, 0.4) is 0 Å². The van der Waals surface area contributed by atoms with Gasteiger partial charge in [-0.15, -0.1) is 0 Å². The summed E-state index contributed by atoms with van der Waals surface area (Å²) in [6.45, 7) is 1.50. The molecule has 0 aliphatic carbocycles. The van der Waals surface area contributed by atoms with E-state index in [2.05, 4.69) is 21.2 Å². The fourth-order valence-electron chi connectivity index (χ4n) is 2.06. The van der Waals surface area contributed by atoms with Gasteiger partial charge in [0.2, 0.25) is 0 Å². The molecule has 2 aromatic rings. The van der Waals surface area contributed by atoms with E-state index in [1.54, 1.807) is 42.5 Å². The highest BCUT2D eigenvalue weighted by molar-refractivity contribution is 9.10. The van der Waals surface area contributed by atoms with Crippen molar-refractivity contribution >= 4 is 33.5 Å². The Kier molecular flexibility index (Phi) is 6.41. The van der Waals surface area contributed by atoms with E-state index in [1.807, 2.05) is 0 Å². The van der Waals surface area contributed by atoms with Crippen molar-refractivity contribution in [1.29, 1.82) is 0 Å². The third kappa shape index (κ3) is 4.73. The molecule has 1 N–H and O–H groups in total. The van der Waals surface area contributed by atoms with Crippen LogP contribution in [0.15, 0.2) is 46.9 Å². The maximum absolute atomic E-state index is 12.2. The summed E-state index contributed by atoms with van der Waals surface area (Å²) >= 11 is 3.30. The number of amides is 1. The quantitative estimate of drug-likeness (QED) is 0.739. The van der Waals surface area contributed by atoms with Crippen LogP contribution < -0.4 is 14.8 Å². The average Bonchev–Trinajstić information content (AvgIpc) is 2.61. The minimum atomic E-state index is -0.974. The largest absolute Gasteiger partial charge is 0.496 e. The van der Waals surface area contributed by atoms with E-state index in [9.17, 15) is 9.59 Å². The molecule has 0 aliphatic rings. The number of nitrogens with one attached hydrogen (secondary N) is 1. The third-order valence-electron chi connectivity index (χ3n) is 3.41. The summed E-state index contributed by atoms with van der Waals surface area (Å²) in [5.41, 5.74) is 0.815. The molecule has 1 amide bonds. The zero-order valence-electron chi connectivity index (χ0n) is 14.0. The molecule has 2 aromatic carbocycles. The number of carbonyl (C=O) groups is 2. The van der Waals surface area contributed by atoms with Crippen LogP contribution in [0.25, 0.3) is 0 Å². The Morgan fingerprint density at radius 2 is 1.72 bits per heavy atom. The number of esters is 1. The van der Waals surface area contributed by atoms with Gasteiger partial charge in [0.15, 0.2) is 6.10 Å². The number of carbonyl (C=O) groups excluding carboxylic acids is 2. The number of ether oxygens (including phenoxy) is 3. The van der Waals surface area contributed by atoms with Crippen LogP contribution >= 0.6 is 15.9 Å². The standard InChI is InChI=1S/C18H18BrNO5/c1-11(17(21)20-14-6-4-5-7-16(14)24-3)25-18(22)12-8-9-15(23-2)13(19)10-12/h4-11H,1-3H3,(H,20,21)/t11-/m1/s1. The van der Waals surface area contributed by atoms with E-state index in [4.69, 9.17) is 14.2 Å². The monoisotopic (exact) mass is 407 g/mol. The molecule has 0 bridgehead atoms. The van der Waals surface area contributed by atoms with E-state index in [-0.39, 0.29) is 0 Å². The number of benzene rings is 2. The second-order valence-corrected chi connectivity index (χ2v) is 5.94. The fraction of sp³-hybridized carbons (Fsp3) is 0.222. The lowest BCUT2D eigenvalue weighted by Crippen LogP contribution is -2.30. The van der Waals surface area contributed by atoms with Crippen molar-refractivity contribution in [3.8, 4) is 11.5 Å². The van der Waals surface area contributed by atoms with Gasteiger partial charge in [-0.3, -0.25) is 4.79 Å². The predicted molar refractivity (Wildman–Crippen MR) is 97.2 cm³/mol. The highest BCUT2D eigenvalue weighted by atomic mass is 79.9. The second-order valence-electron chi connectivity index (χ2n) is 5.09. The van der Waals surface area contributed by atoms with Crippen LogP contribution in [0.1, 0.15) is 17.3 Å². The van der Waals surface area contributed by atoms with Crippen molar-refractivity contribution in [3.05, 3.63) is 52.5 Å². The molecule has 0 aromatic heterocycles. The van der Waals surface area contributed by atoms with Crippen LogP contribution in [0, 0.1) is 0 Å². The lowest BCUT2D eigenvalue weighted by atomic mass is 10.2. The van der Waals surface area contributed by atoms with Gasteiger partial charge in [-0.05, 0) is 53.2 Å².